The third kappa shape index (κ3) is 3.16. The summed E-state index contributed by atoms with van der Waals surface area (Å²) in [5, 5.41) is 14.0. The van der Waals surface area contributed by atoms with E-state index in [1.807, 2.05) is 13.0 Å². The molecule has 26 heavy (non-hydrogen) atoms. The first-order valence-corrected chi connectivity index (χ1v) is 7.87. The summed E-state index contributed by atoms with van der Waals surface area (Å²) in [6.45, 7) is 3.18. The average Bonchev–Trinajstić information content (AvgIpc) is 2.59. The lowest BCUT2D eigenvalue weighted by Crippen LogP contribution is -2.28. The molecular weight excluding hydrogens is 336 g/mol. The number of carbonyl (C=O) groups is 1. The van der Waals surface area contributed by atoms with E-state index in [2.05, 4.69) is 10.3 Å². The topological polar surface area (TPSA) is 107 Å². The fourth-order valence-electron chi connectivity index (χ4n) is 2.75. The largest absolute Gasteiger partial charge is 0.324 e. The summed E-state index contributed by atoms with van der Waals surface area (Å²) in [5.74, 6) is -0.468. The van der Waals surface area contributed by atoms with Crippen molar-refractivity contribution in [3.05, 3.63) is 74.3 Å². The van der Waals surface area contributed by atoms with E-state index < -0.39 is 10.8 Å². The molecule has 8 nitrogen and oxygen atoms in total. The minimum atomic E-state index is -0.509. The SMILES string of the molecule is Cc1c(NC(=O)Cn2cnc3c(C)cccc3c2=O)cccc1[N+](=O)[O-]. The molecule has 1 amide bonds. The van der Waals surface area contributed by atoms with E-state index in [9.17, 15) is 19.7 Å². The Balaban J connectivity index is 1.87. The van der Waals surface area contributed by atoms with Crippen LogP contribution in [0, 0.1) is 24.0 Å². The number of aryl methyl sites for hydroxylation is 1. The Morgan fingerprint density at radius 2 is 1.96 bits per heavy atom. The maximum absolute atomic E-state index is 12.5. The Morgan fingerprint density at radius 1 is 1.23 bits per heavy atom. The van der Waals surface area contributed by atoms with Crippen LogP contribution in [0.3, 0.4) is 0 Å². The number of hydrogen-bond donors (Lipinski definition) is 1. The van der Waals surface area contributed by atoms with Crippen molar-refractivity contribution < 1.29 is 9.72 Å². The number of benzene rings is 2. The van der Waals surface area contributed by atoms with Gasteiger partial charge < -0.3 is 5.32 Å². The zero-order valence-corrected chi connectivity index (χ0v) is 14.2. The normalized spacial score (nSPS) is 10.7. The van der Waals surface area contributed by atoms with Gasteiger partial charge >= 0.3 is 0 Å². The highest BCUT2D eigenvalue weighted by molar-refractivity contribution is 5.92. The molecular formula is C18H16N4O4. The standard InChI is InChI=1S/C18H16N4O4/c1-11-5-3-6-13-17(11)19-10-21(18(13)24)9-16(23)20-14-7-4-8-15(12(14)2)22(25)26/h3-8,10H,9H2,1-2H3,(H,20,23). The quantitative estimate of drug-likeness (QED) is 0.573. The number of nitrogens with one attached hydrogen (secondary N) is 1. The molecule has 0 fully saturated rings. The van der Waals surface area contributed by atoms with Crippen LogP contribution in [-0.2, 0) is 11.3 Å². The monoisotopic (exact) mass is 352 g/mol. The Morgan fingerprint density at radius 3 is 2.69 bits per heavy atom. The molecule has 0 spiro atoms. The molecule has 3 rings (SSSR count). The smallest absolute Gasteiger partial charge is 0.274 e. The van der Waals surface area contributed by atoms with Crippen LogP contribution in [-0.4, -0.2) is 20.4 Å². The number of rotatable bonds is 4. The summed E-state index contributed by atoms with van der Waals surface area (Å²) < 4.78 is 1.21. The molecule has 8 heteroatoms. The second kappa shape index (κ2) is 6.75. The highest BCUT2D eigenvalue weighted by Crippen LogP contribution is 2.24. The third-order valence-corrected chi connectivity index (χ3v) is 4.15. The molecule has 2 aromatic carbocycles. The lowest BCUT2D eigenvalue weighted by molar-refractivity contribution is -0.385. The summed E-state index contributed by atoms with van der Waals surface area (Å²) in [4.78, 5) is 39.6. The maximum Gasteiger partial charge on any atom is 0.274 e. The predicted octanol–water partition coefficient (Wildman–Crippen LogP) is 2.56. The lowest BCUT2D eigenvalue weighted by Gasteiger charge is -2.10. The van der Waals surface area contributed by atoms with Crippen LogP contribution in [0.4, 0.5) is 11.4 Å². The van der Waals surface area contributed by atoms with E-state index in [4.69, 9.17) is 0 Å². The van der Waals surface area contributed by atoms with Crippen LogP contribution in [0.25, 0.3) is 10.9 Å². The van der Waals surface area contributed by atoms with Gasteiger partial charge in [0, 0.05) is 6.07 Å². The van der Waals surface area contributed by atoms with Gasteiger partial charge in [-0.15, -0.1) is 0 Å². The zero-order chi connectivity index (χ0) is 18.8. The molecule has 0 aliphatic carbocycles. The van der Waals surface area contributed by atoms with Crippen LogP contribution in [0.15, 0.2) is 47.5 Å². The molecule has 0 atom stereocenters. The van der Waals surface area contributed by atoms with Crippen LogP contribution in [0.2, 0.25) is 0 Å². The van der Waals surface area contributed by atoms with Gasteiger partial charge in [-0.3, -0.25) is 24.3 Å². The van der Waals surface area contributed by atoms with E-state index in [1.165, 1.54) is 23.0 Å². The van der Waals surface area contributed by atoms with Crippen molar-refractivity contribution in [3.8, 4) is 0 Å². The molecule has 0 saturated carbocycles. The van der Waals surface area contributed by atoms with Gasteiger partial charge in [0.15, 0.2) is 0 Å². The van der Waals surface area contributed by atoms with Gasteiger partial charge in [0.1, 0.15) is 6.54 Å². The number of para-hydroxylation sites is 1. The number of nitro benzene ring substituents is 1. The van der Waals surface area contributed by atoms with Gasteiger partial charge in [-0.05, 0) is 31.5 Å². The van der Waals surface area contributed by atoms with Gasteiger partial charge in [0.2, 0.25) is 5.91 Å². The van der Waals surface area contributed by atoms with E-state index in [1.54, 1.807) is 25.1 Å². The summed E-state index contributed by atoms with van der Waals surface area (Å²) >= 11 is 0. The van der Waals surface area contributed by atoms with Crippen molar-refractivity contribution in [3.63, 3.8) is 0 Å². The summed E-state index contributed by atoms with van der Waals surface area (Å²) in [5.41, 5.74) is 1.77. The van der Waals surface area contributed by atoms with Crippen LogP contribution in [0.5, 0.6) is 0 Å². The molecule has 0 saturated heterocycles. The van der Waals surface area contributed by atoms with Gasteiger partial charge in [0.05, 0.1) is 33.4 Å². The second-order valence-corrected chi connectivity index (χ2v) is 5.90. The third-order valence-electron chi connectivity index (χ3n) is 4.15. The Hall–Kier alpha value is -3.55. The molecule has 0 radical (unpaired) electrons. The molecule has 0 aliphatic rings. The van der Waals surface area contributed by atoms with Gasteiger partial charge in [-0.2, -0.15) is 0 Å². The number of nitrogens with zero attached hydrogens (tertiary/aromatic N) is 3. The summed E-state index contributed by atoms with van der Waals surface area (Å²) in [7, 11) is 0. The Labute approximate surface area is 148 Å². The minimum absolute atomic E-state index is 0.0807. The summed E-state index contributed by atoms with van der Waals surface area (Å²) in [6.07, 6.45) is 1.33. The number of amides is 1. The van der Waals surface area contributed by atoms with Crippen molar-refractivity contribution >= 4 is 28.2 Å². The van der Waals surface area contributed by atoms with Crippen molar-refractivity contribution in [1.82, 2.24) is 9.55 Å². The van der Waals surface area contributed by atoms with Crippen LogP contribution < -0.4 is 10.9 Å². The number of aromatic nitrogens is 2. The highest BCUT2D eigenvalue weighted by atomic mass is 16.6. The molecule has 0 unspecified atom stereocenters. The second-order valence-electron chi connectivity index (χ2n) is 5.90. The fourth-order valence-corrected chi connectivity index (χ4v) is 2.75. The number of carbonyl (C=O) groups excluding carboxylic acids is 1. The van der Waals surface area contributed by atoms with Gasteiger partial charge in [0.25, 0.3) is 11.2 Å². The summed E-state index contributed by atoms with van der Waals surface area (Å²) in [6, 6.07) is 9.72. The van der Waals surface area contributed by atoms with Gasteiger partial charge in [-0.25, -0.2) is 4.98 Å². The Kier molecular flexibility index (Phi) is 4.49. The molecule has 0 aliphatic heterocycles. The first-order chi connectivity index (χ1) is 12.4. The number of hydrogen-bond acceptors (Lipinski definition) is 5. The van der Waals surface area contributed by atoms with E-state index >= 15 is 0 Å². The molecule has 132 valence electrons. The van der Waals surface area contributed by atoms with E-state index in [0.717, 1.165) is 5.56 Å². The van der Waals surface area contributed by atoms with Crippen LogP contribution in [0.1, 0.15) is 11.1 Å². The van der Waals surface area contributed by atoms with Crippen molar-refractivity contribution in [2.75, 3.05) is 5.32 Å². The van der Waals surface area contributed by atoms with Crippen molar-refractivity contribution in [2.24, 2.45) is 0 Å². The first-order valence-electron chi connectivity index (χ1n) is 7.87. The molecule has 3 aromatic rings. The molecule has 0 bridgehead atoms. The Bertz CT molecular complexity index is 1090. The fraction of sp³-hybridized carbons (Fsp3) is 0.167. The number of fused-ring (bicyclic) bond motifs is 1. The van der Waals surface area contributed by atoms with Gasteiger partial charge in [-0.1, -0.05) is 18.2 Å². The first kappa shape index (κ1) is 17.3. The predicted molar refractivity (Wildman–Crippen MR) is 97.2 cm³/mol. The van der Waals surface area contributed by atoms with E-state index in [0.29, 0.717) is 22.2 Å². The highest BCUT2D eigenvalue weighted by Gasteiger charge is 2.15. The molecule has 1 heterocycles. The number of anilines is 1. The average molecular weight is 352 g/mol. The van der Waals surface area contributed by atoms with Crippen LogP contribution >= 0.6 is 0 Å². The van der Waals surface area contributed by atoms with Crippen molar-refractivity contribution in [1.29, 1.82) is 0 Å². The molecule has 1 aromatic heterocycles. The lowest BCUT2D eigenvalue weighted by atomic mass is 10.1. The number of nitro groups is 1. The van der Waals surface area contributed by atoms with Crippen molar-refractivity contribution in [2.45, 2.75) is 20.4 Å². The minimum Gasteiger partial charge on any atom is -0.324 e. The zero-order valence-electron chi connectivity index (χ0n) is 14.2. The maximum atomic E-state index is 12.5. The van der Waals surface area contributed by atoms with E-state index in [-0.39, 0.29) is 17.8 Å². The molecule has 1 N–H and O–H groups in total.